The van der Waals surface area contributed by atoms with Crippen molar-refractivity contribution in [1.29, 1.82) is 0 Å². The molecule has 0 saturated carbocycles. The van der Waals surface area contributed by atoms with E-state index < -0.39 is 5.97 Å². The molecular weight excluding hydrogens is 464 g/mol. The van der Waals surface area contributed by atoms with E-state index in [1.54, 1.807) is 26.4 Å². The number of anilines is 1. The molecule has 0 atom stereocenters. The Morgan fingerprint density at radius 1 is 1.00 bits per heavy atom. The van der Waals surface area contributed by atoms with Crippen molar-refractivity contribution in [2.75, 3.05) is 26.6 Å². The van der Waals surface area contributed by atoms with Crippen LogP contribution in [0.4, 0.5) is 5.00 Å². The van der Waals surface area contributed by atoms with E-state index >= 15 is 0 Å². The van der Waals surface area contributed by atoms with E-state index in [0.717, 1.165) is 35.3 Å². The fourth-order valence-corrected chi connectivity index (χ4v) is 5.76. The van der Waals surface area contributed by atoms with Gasteiger partial charge in [0.1, 0.15) is 16.5 Å². The number of nitrogens with zero attached hydrogens (tertiary/aromatic N) is 1. The van der Waals surface area contributed by atoms with Crippen LogP contribution >= 0.6 is 11.3 Å². The standard InChI is InChI=1S/C27H24N2O5S/c1-32-15-11-12-17(22(13-15)33-2)21-14-19(16-7-4-5-9-20(16)28-21)25(30)29-26-24(27(31)34-3)18-8-6-10-23(18)35-26/h4-5,7,9,11-14H,6,8,10H2,1-3H3,(H,29,30). The summed E-state index contributed by atoms with van der Waals surface area (Å²) in [5.74, 6) is 0.497. The summed E-state index contributed by atoms with van der Waals surface area (Å²) in [6.07, 6.45) is 2.71. The van der Waals surface area contributed by atoms with Crippen LogP contribution in [0.1, 0.15) is 37.6 Å². The number of hydrogen-bond acceptors (Lipinski definition) is 7. The quantitative estimate of drug-likeness (QED) is 0.360. The second-order valence-electron chi connectivity index (χ2n) is 8.15. The summed E-state index contributed by atoms with van der Waals surface area (Å²) in [6, 6.07) is 14.7. The molecule has 0 spiro atoms. The van der Waals surface area contributed by atoms with E-state index in [-0.39, 0.29) is 5.91 Å². The van der Waals surface area contributed by atoms with Crippen LogP contribution in [0.25, 0.3) is 22.2 Å². The number of carbonyl (C=O) groups excluding carboxylic acids is 2. The second kappa shape index (κ2) is 9.38. The molecular formula is C27H24N2O5S. The van der Waals surface area contributed by atoms with Crippen LogP contribution in [0.2, 0.25) is 0 Å². The third kappa shape index (κ3) is 4.10. The van der Waals surface area contributed by atoms with Gasteiger partial charge in [-0.15, -0.1) is 11.3 Å². The molecule has 5 rings (SSSR count). The van der Waals surface area contributed by atoms with Gasteiger partial charge in [0.15, 0.2) is 0 Å². The van der Waals surface area contributed by atoms with Gasteiger partial charge < -0.3 is 19.5 Å². The molecule has 1 amide bonds. The van der Waals surface area contributed by atoms with Crippen LogP contribution in [0.15, 0.2) is 48.5 Å². The van der Waals surface area contributed by atoms with E-state index in [4.69, 9.17) is 19.2 Å². The average Bonchev–Trinajstić information content (AvgIpc) is 3.48. The lowest BCUT2D eigenvalue weighted by Crippen LogP contribution is -2.15. The highest BCUT2D eigenvalue weighted by molar-refractivity contribution is 7.17. The van der Waals surface area contributed by atoms with Crippen molar-refractivity contribution in [3.63, 3.8) is 0 Å². The summed E-state index contributed by atoms with van der Waals surface area (Å²) in [5, 5.41) is 4.23. The Hall–Kier alpha value is -3.91. The molecule has 8 heteroatoms. The molecule has 0 bridgehead atoms. The number of aromatic nitrogens is 1. The first-order valence-corrected chi connectivity index (χ1v) is 12.0. The highest BCUT2D eigenvalue weighted by Gasteiger charge is 2.28. The van der Waals surface area contributed by atoms with Crippen molar-refractivity contribution in [3.05, 3.63) is 70.1 Å². The van der Waals surface area contributed by atoms with Crippen LogP contribution in [0, 0.1) is 0 Å². The Morgan fingerprint density at radius 2 is 1.83 bits per heavy atom. The SMILES string of the molecule is COC(=O)c1c(NC(=O)c2cc(-c3ccc(OC)cc3OC)nc3ccccc23)sc2c1CCC2. The first-order valence-electron chi connectivity index (χ1n) is 11.2. The van der Waals surface area contributed by atoms with Crippen LogP contribution in [-0.4, -0.2) is 38.2 Å². The number of aryl methyl sites for hydroxylation is 1. The first-order chi connectivity index (χ1) is 17.0. The maximum absolute atomic E-state index is 13.6. The Bertz CT molecular complexity index is 1460. The van der Waals surface area contributed by atoms with Gasteiger partial charge in [-0.05, 0) is 49.1 Å². The van der Waals surface area contributed by atoms with Gasteiger partial charge in [0.05, 0.1) is 43.7 Å². The second-order valence-corrected chi connectivity index (χ2v) is 9.25. The Kier molecular flexibility index (Phi) is 6.13. The summed E-state index contributed by atoms with van der Waals surface area (Å²) in [7, 11) is 4.53. The summed E-state index contributed by atoms with van der Waals surface area (Å²) in [4.78, 5) is 32.1. The number of rotatable bonds is 6. The highest BCUT2D eigenvalue weighted by Crippen LogP contribution is 2.40. The van der Waals surface area contributed by atoms with Crippen molar-refractivity contribution in [2.45, 2.75) is 19.3 Å². The number of carbonyl (C=O) groups is 2. The zero-order valence-corrected chi connectivity index (χ0v) is 20.5. The van der Waals surface area contributed by atoms with E-state index in [9.17, 15) is 9.59 Å². The Morgan fingerprint density at radius 3 is 2.60 bits per heavy atom. The topological polar surface area (TPSA) is 86.8 Å². The summed E-state index contributed by atoms with van der Waals surface area (Å²) in [5.41, 5.74) is 3.91. The van der Waals surface area contributed by atoms with Gasteiger partial charge in [0.25, 0.3) is 5.91 Å². The smallest absolute Gasteiger partial charge is 0.341 e. The summed E-state index contributed by atoms with van der Waals surface area (Å²) in [6.45, 7) is 0. The van der Waals surface area contributed by atoms with Crippen LogP contribution in [0.5, 0.6) is 11.5 Å². The lowest BCUT2D eigenvalue weighted by atomic mass is 10.0. The van der Waals surface area contributed by atoms with E-state index in [1.807, 2.05) is 36.4 Å². The van der Waals surface area contributed by atoms with Crippen molar-refractivity contribution in [2.24, 2.45) is 0 Å². The number of nitrogens with one attached hydrogen (secondary N) is 1. The number of esters is 1. The average molecular weight is 489 g/mol. The number of methoxy groups -OCH3 is 3. The molecule has 178 valence electrons. The molecule has 0 aliphatic heterocycles. The van der Waals surface area contributed by atoms with E-state index in [2.05, 4.69) is 5.32 Å². The fraction of sp³-hybridized carbons (Fsp3) is 0.222. The maximum atomic E-state index is 13.6. The molecule has 2 heterocycles. The molecule has 0 fully saturated rings. The number of benzene rings is 2. The predicted octanol–water partition coefficient (Wildman–Crippen LogP) is 5.51. The minimum Gasteiger partial charge on any atom is -0.497 e. The van der Waals surface area contributed by atoms with Crippen molar-refractivity contribution in [1.82, 2.24) is 4.98 Å². The summed E-state index contributed by atoms with van der Waals surface area (Å²) >= 11 is 1.45. The van der Waals surface area contributed by atoms with Gasteiger partial charge in [0.2, 0.25) is 0 Å². The zero-order valence-electron chi connectivity index (χ0n) is 19.6. The van der Waals surface area contributed by atoms with Gasteiger partial charge >= 0.3 is 5.97 Å². The molecule has 1 aliphatic rings. The van der Waals surface area contributed by atoms with Gasteiger partial charge in [-0.2, -0.15) is 0 Å². The monoisotopic (exact) mass is 488 g/mol. The van der Waals surface area contributed by atoms with Crippen LogP contribution < -0.4 is 14.8 Å². The van der Waals surface area contributed by atoms with Crippen LogP contribution in [0.3, 0.4) is 0 Å². The number of amides is 1. The number of hydrogen-bond donors (Lipinski definition) is 1. The highest BCUT2D eigenvalue weighted by atomic mass is 32.1. The minimum atomic E-state index is -0.428. The zero-order chi connectivity index (χ0) is 24.5. The van der Waals surface area contributed by atoms with Crippen molar-refractivity contribution in [3.8, 4) is 22.8 Å². The van der Waals surface area contributed by atoms with E-state index in [0.29, 0.717) is 44.2 Å². The first kappa shape index (κ1) is 22.9. The number of pyridine rings is 1. The predicted molar refractivity (Wildman–Crippen MR) is 136 cm³/mol. The number of para-hydroxylation sites is 1. The number of thiophene rings is 1. The van der Waals surface area contributed by atoms with Crippen molar-refractivity contribution < 1.29 is 23.8 Å². The molecule has 0 radical (unpaired) electrons. The Balaban J connectivity index is 1.60. The normalized spacial score (nSPS) is 12.3. The van der Waals surface area contributed by atoms with Crippen LogP contribution in [-0.2, 0) is 17.6 Å². The lowest BCUT2D eigenvalue weighted by Gasteiger charge is -2.13. The van der Waals surface area contributed by atoms with Crippen molar-refractivity contribution >= 4 is 39.1 Å². The molecule has 1 aliphatic carbocycles. The molecule has 0 unspecified atom stereocenters. The molecule has 1 N–H and O–H groups in total. The molecule has 35 heavy (non-hydrogen) atoms. The molecule has 0 saturated heterocycles. The molecule has 7 nitrogen and oxygen atoms in total. The summed E-state index contributed by atoms with van der Waals surface area (Å²) < 4.78 is 15.9. The number of ether oxygens (including phenoxy) is 3. The van der Waals surface area contributed by atoms with E-state index in [1.165, 1.54) is 18.4 Å². The molecule has 2 aromatic heterocycles. The third-order valence-corrected chi connectivity index (χ3v) is 7.39. The Labute approximate surface area is 206 Å². The van der Waals surface area contributed by atoms with Gasteiger partial charge in [-0.3, -0.25) is 4.79 Å². The lowest BCUT2D eigenvalue weighted by molar-refractivity contribution is 0.0601. The van der Waals surface area contributed by atoms with Gasteiger partial charge in [0, 0.05) is 21.9 Å². The molecule has 4 aromatic rings. The maximum Gasteiger partial charge on any atom is 0.341 e. The molecule has 2 aromatic carbocycles. The largest absolute Gasteiger partial charge is 0.497 e. The van der Waals surface area contributed by atoms with Gasteiger partial charge in [-0.1, -0.05) is 18.2 Å². The third-order valence-electron chi connectivity index (χ3n) is 6.18. The van der Waals surface area contributed by atoms with Gasteiger partial charge in [-0.25, -0.2) is 9.78 Å². The fourth-order valence-electron chi connectivity index (χ4n) is 4.49. The number of fused-ring (bicyclic) bond motifs is 2. The minimum absolute atomic E-state index is 0.317.